The molecule has 0 aromatic heterocycles. The fourth-order valence-corrected chi connectivity index (χ4v) is 3.12. The van der Waals surface area contributed by atoms with Crippen LogP contribution in [0.3, 0.4) is 0 Å². The van der Waals surface area contributed by atoms with Crippen molar-refractivity contribution in [3.63, 3.8) is 0 Å². The van der Waals surface area contributed by atoms with E-state index in [9.17, 15) is 4.79 Å². The lowest BCUT2D eigenvalue weighted by Gasteiger charge is -2.10. The van der Waals surface area contributed by atoms with E-state index in [4.69, 9.17) is 0 Å². The average Bonchev–Trinajstić information content (AvgIpc) is 2.58. The Morgan fingerprint density at radius 1 is 1.22 bits per heavy atom. The van der Waals surface area contributed by atoms with Gasteiger partial charge in [0.05, 0.1) is 11.0 Å². The first-order chi connectivity index (χ1) is 11.1. The van der Waals surface area contributed by atoms with Gasteiger partial charge in [0.25, 0.3) is 5.91 Å². The molecule has 0 bridgehead atoms. The average molecular weight is 391 g/mol. The smallest absolute Gasteiger partial charge is 0.252 e. The zero-order valence-corrected chi connectivity index (χ0v) is 15.5. The third-order valence-electron chi connectivity index (χ3n) is 3.29. The predicted octanol–water partition coefficient (Wildman–Crippen LogP) is 4.61. The highest BCUT2D eigenvalue weighted by atomic mass is 79.9. The molecule has 0 aliphatic heterocycles. The van der Waals surface area contributed by atoms with E-state index in [0.29, 0.717) is 0 Å². The van der Waals surface area contributed by atoms with Crippen LogP contribution in [0.15, 0.2) is 64.2 Å². The summed E-state index contributed by atoms with van der Waals surface area (Å²) in [4.78, 5) is 12.1. The first-order valence-electron chi connectivity index (χ1n) is 7.32. The maximum Gasteiger partial charge on any atom is 0.252 e. The van der Waals surface area contributed by atoms with Gasteiger partial charge in [-0.3, -0.25) is 4.79 Å². The topological polar surface area (TPSA) is 41.5 Å². The minimum Gasteiger partial charge on any atom is -0.272 e. The Morgan fingerprint density at radius 3 is 2.65 bits per heavy atom. The van der Waals surface area contributed by atoms with Crippen molar-refractivity contribution in [3.05, 3.63) is 70.2 Å². The van der Waals surface area contributed by atoms with E-state index < -0.39 is 0 Å². The van der Waals surface area contributed by atoms with Crippen LogP contribution in [-0.4, -0.2) is 16.9 Å². The number of nitrogens with zero attached hydrogens (tertiary/aromatic N) is 1. The molecule has 0 spiro atoms. The maximum absolute atomic E-state index is 12.1. The molecular formula is C18H19BrN2OS. The summed E-state index contributed by atoms with van der Waals surface area (Å²) in [5, 5.41) is 4.04. The molecule has 2 rings (SSSR count). The number of amides is 1. The van der Waals surface area contributed by atoms with Crippen LogP contribution in [0, 0.1) is 0 Å². The summed E-state index contributed by atoms with van der Waals surface area (Å²) in [7, 11) is 0. The molecule has 23 heavy (non-hydrogen) atoms. The van der Waals surface area contributed by atoms with Crippen molar-refractivity contribution in [1.29, 1.82) is 0 Å². The van der Waals surface area contributed by atoms with Gasteiger partial charge >= 0.3 is 0 Å². The third kappa shape index (κ3) is 5.84. The van der Waals surface area contributed by atoms with Gasteiger partial charge in [0.2, 0.25) is 0 Å². The summed E-state index contributed by atoms with van der Waals surface area (Å²) >= 11 is 5.03. The highest BCUT2D eigenvalue weighted by Gasteiger charge is 2.13. The zero-order valence-electron chi connectivity index (χ0n) is 13.1. The second-order valence-electron chi connectivity index (χ2n) is 5.12. The number of rotatable bonds is 6. The quantitative estimate of drug-likeness (QED) is 0.577. The van der Waals surface area contributed by atoms with Crippen molar-refractivity contribution in [3.8, 4) is 0 Å². The van der Waals surface area contributed by atoms with Crippen LogP contribution >= 0.6 is 27.7 Å². The number of benzene rings is 2. The van der Waals surface area contributed by atoms with E-state index in [1.165, 1.54) is 5.56 Å². The van der Waals surface area contributed by atoms with E-state index in [-0.39, 0.29) is 11.2 Å². The fourth-order valence-electron chi connectivity index (χ4n) is 1.88. The summed E-state index contributed by atoms with van der Waals surface area (Å²) in [6.45, 7) is 3.77. The van der Waals surface area contributed by atoms with Crippen molar-refractivity contribution in [2.24, 2.45) is 5.10 Å². The molecule has 0 fully saturated rings. The normalized spacial score (nSPS) is 12.7. The lowest BCUT2D eigenvalue weighted by molar-refractivity contribution is -0.120. The SMILES string of the molecule is C/C(=N/NC(=O)[C@@H](C)SCc1ccccc1)c1cccc(Br)c1. The van der Waals surface area contributed by atoms with Crippen LogP contribution < -0.4 is 5.43 Å². The molecule has 0 aliphatic carbocycles. The van der Waals surface area contributed by atoms with Gasteiger partial charge in [-0.2, -0.15) is 5.10 Å². The summed E-state index contributed by atoms with van der Waals surface area (Å²) in [6.07, 6.45) is 0. The van der Waals surface area contributed by atoms with Gasteiger partial charge in [-0.15, -0.1) is 11.8 Å². The molecule has 120 valence electrons. The molecule has 2 aromatic carbocycles. The van der Waals surface area contributed by atoms with Crippen molar-refractivity contribution < 1.29 is 4.79 Å². The summed E-state index contributed by atoms with van der Waals surface area (Å²) < 4.78 is 0.989. The Labute approximate surface area is 149 Å². The first-order valence-corrected chi connectivity index (χ1v) is 9.16. The summed E-state index contributed by atoms with van der Waals surface area (Å²) in [5.41, 5.74) is 5.62. The van der Waals surface area contributed by atoms with Crippen molar-refractivity contribution in [1.82, 2.24) is 5.43 Å². The van der Waals surface area contributed by atoms with Crippen LogP contribution in [0.5, 0.6) is 0 Å². The van der Waals surface area contributed by atoms with Crippen molar-refractivity contribution >= 4 is 39.3 Å². The molecule has 1 amide bonds. The first kappa shape index (κ1) is 17.8. The number of hydrogen-bond donors (Lipinski definition) is 1. The zero-order chi connectivity index (χ0) is 16.7. The van der Waals surface area contributed by atoms with E-state index in [1.807, 2.05) is 56.3 Å². The molecule has 0 aliphatic rings. The Bertz CT molecular complexity index is 688. The highest BCUT2D eigenvalue weighted by molar-refractivity contribution is 9.10. The second kappa shape index (κ2) is 8.89. The van der Waals surface area contributed by atoms with Crippen molar-refractivity contribution in [2.45, 2.75) is 24.9 Å². The number of carbonyl (C=O) groups is 1. The maximum atomic E-state index is 12.1. The van der Waals surface area contributed by atoms with Gasteiger partial charge in [0, 0.05) is 10.2 Å². The van der Waals surface area contributed by atoms with Crippen LogP contribution in [-0.2, 0) is 10.5 Å². The van der Waals surface area contributed by atoms with Crippen LogP contribution in [0.4, 0.5) is 0 Å². The largest absolute Gasteiger partial charge is 0.272 e. The Kier molecular flexibility index (Phi) is 6.86. The highest BCUT2D eigenvalue weighted by Crippen LogP contribution is 2.17. The van der Waals surface area contributed by atoms with Crippen LogP contribution in [0.2, 0.25) is 0 Å². The summed E-state index contributed by atoms with van der Waals surface area (Å²) in [6, 6.07) is 18.0. The predicted molar refractivity (Wildman–Crippen MR) is 102 cm³/mol. The number of hydrogen-bond acceptors (Lipinski definition) is 3. The minimum atomic E-state index is -0.158. The Hall–Kier alpha value is -1.59. The van der Waals surface area contributed by atoms with Gasteiger partial charge < -0.3 is 0 Å². The van der Waals surface area contributed by atoms with Crippen LogP contribution in [0.25, 0.3) is 0 Å². The lowest BCUT2D eigenvalue weighted by Crippen LogP contribution is -2.27. The molecule has 5 heteroatoms. The van der Waals surface area contributed by atoms with Gasteiger partial charge in [-0.05, 0) is 37.1 Å². The molecule has 0 radical (unpaired) electrons. The number of halogens is 1. The van der Waals surface area contributed by atoms with Crippen molar-refractivity contribution in [2.75, 3.05) is 0 Å². The van der Waals surface area contributed by atoms with E-state index >= 15 is 0 Å². The number of hydrazone groups is 1. The molecule has 2 aromatic rings. The second-order valence-corrected chi connectivity index (χ2v) is 7.37. The fraction of sp³-hybridized carbons (Fsp3) is 0.222. The number of nitrogens with one attached hydrogen (secondary N) is 1. The molecule has 1 atom stereocenters. The third-order valence-corrected chi connectivity index (χ3v) is 5.00. The standard InChI is InChI=1S/C18H19BrN2OS/c1-13(16-9-6-10-17(19)11-16)20-21-18(22)14(2)23-12-15-7-4-3-5-8-15/h3-11,14H,12H2,1-2H3,(H,21,22)/b20-13-/t14-/m1/s1. The monoisotopic (exact) mass is 390 g/mol. The Balaban J connectivity index is 1.87. The van der Waals surface area contributed by atoms with E-state index in [0.717, 1.165) is 21.5 Å². The van der Waals surface area contributed by atoms with Gasteiger partial charge in [0.15, 0.2) is 0 Å². The van der Waals surface area contributed by atoms with Gasteiger partial charge in [-0.25, -0.2) is 5.43 Å². The molecule has 1 N–H and O–H groups in total. The molecule has 0 heterocycles. The molecule has 0 saturated heterocycles. The number of carbonyl (C=O) groups excluding carboxylic acids is 1. The molecule has 0 saturated carbocycles. The van der Waals surface area contributed by atoms with Gasteiger partial charge in [-0.1, -0.05) is 58.4 Å². The van der Waals surface area contributed by atoms with Crippen LogP contribution in [0.1, 0.15) is 25.0 Å². The minimum absolute atomic E-state index is 0.0831. The number of thioether (sulfide) groups is 1. The van der Waals surface area contributed by atoms with E-state index in [2.05, 4.69) is 38.6 Å². The van der Waals surface area contributed by atoms with E-state index in [1.54, 1.807) is 11.8 Å². The Morgan fingerprint density at radius 2 is 1.96 bits per heavy atom. The molecule has 3 nitrogen and oxygen atoms in total. The van der Waals surface area contributed by atoms with Gasteiger partial charge in [0.1, 0.15) is 0 Å². The summed E-state index contributed by atoms with van der Waals surface area (Å²) in [5.74, 6) is 0.726. The molecular weight excluding hydrogens is 372 g/mol. The lowest BCUT2D eigenvalue weighted by atomic mass is 10.1. The molecule has 0 unspecified atom stereocenters.